The van der Waals surface area contributed by atoms with Gasteiger partial charge in [0, 0.05) is 37.5 Å². The zero-order valence-electron chi connectivity index (χ0n) is 16.3. The summed E-state index contributed by atoms with van der Waals surface area (Å²) >= 11 is 0. The summed E-state index contributed by atoms with van der Waals surface area (Å²) in [4.78, 5) is 27.1. The van der Waals surface area contributed by atoms with Crippen molar-refractivity contribution in [2.75, 3.05) is 19.6 Å². The van der Waals surface area contributed by atoms with Crippen LogP contribution in [0.3, 0.4) is 0 Å². The van der Waals surface area contributed by atoms with E-state index >= 15 is 0 Å². The predicted octanol–water partition coefficient (Wildman–Crippen LogP) is 2.74. The van der Waals surface area contributed by atoms with Crippen LogP contribution in [0, 0.1) is 17.6 Å². The number of nitrogens with one attached hydrogen (secondary N) is 2. The fourth-order valence-corrected chi connectivity index (χ4v) is 4.93. The Morgan fingerprint density at radius 3 is 2.62 bits per heavy atom. The topological polar surface area (TPSA) is 61.4 Å². The third kappa shape index (κ3) is 4.72. The Labute approximate surface area is 176 Å². The van der Waals surface area contributed by atoms with E-state index in [1.165, 1.54) is 6.07 Å². The number of amides is 2. The molecule has 0 radical (unpaired) electrons. The van der Waals surface area contributed by atoms with Gasteiger partial charge in [0.05, 0.1) is 5.92 Å². The molecule has 5 nitrogen and oxygen atoms in total. The Hall–Kier alpha value is -1.73. The summed E-state index contributed by atoms with van der Waals surface area (Å²) in [5.41, 5.74) is 0.695. The van der Waals surface area contributed by atoms with Crippen LogP contribution in [0.15, 0.2) is 18.2 Å². The molecule has 0 bridgehead atoms. The fourth-order valence-electron chi connectivity index (χ4n) is 4.93. The molecule has 1 aliphatic carbocycles. The normalized spacial score (nSPS) is 27.7. The second-order valence-corrected chi connectivity index (χ2v) is 8.27. The lowest BCUT2D eigenvalue weighted by atomic mass is 9.85. The maximum Gasteiger partial charge on any atom is 0.225 e. The van der Waals surface area contributed by atoms with Gasteiger partial charge in [-0.3, -0.25) is 9.59 Å². The van der Waals surface area contributed by atoms with Crippen molar-refractivity contribution < 1.29 is 18.4 Å². The summed E-state index contributed by atoms with van der Waals surface area (Å²) in [6.45, 7) is 1.82. The van der Waals surface area contributed by atoms with Gasteiger partial charge in [-0.05, 0) is 43.5 Å². The fraction of sp³-hybridized carbons (Fsp3) is 0.619. The SMILES string of the molecule is Cl.O=C(NC1CNCCC1c1ccc(F)c(F)c1)C1CC(=O)N(C2CCCC2)C1. The number of likely N-dealkylation sites (tertiary alicyclic amines) is 1. The van der Waals surface area contributed by atoms with Crippen molar-refractivity contribution >= 4 is 24.2 Å². The zero-order chi connectivity index (χ0) is 19.7. The molecule has 0 aromatic heterocycles. The van der Waals surface area contributed by atoms with Gasteiger partial charge in [-0.2, -0.15) is 0 Å². The van der Waals surface area contributed by atoms with Gasteiger partial charge in [0.15, 0.2) is 11.6 Å². The molecule has 3 aliphatic rings. The summed E-state index contributed by atoms with van der Waals surface area (Å²) in [5, 5.41) is 6.34. The first kappa shape index (κ1) is 22.0. The molecular weight excluding hydrogens is 400 g/mol. The van der Waals surface area contributed by atoms with Crippen molar-refractivity contribution in [1.29, 1.82) is 0 Å². The van der Waals surface area contributed by atoms with Crippen molar-refractivity contribution in [3.8, 4) is 0 Å². The van der Waals surface area contributed by atoms with Crippen LogP contribution in [0.2, 0.25) is 0 Å². The minimum atomic E-state index is -0.866. The molecule has 8 heteroatoms. The average Bonchev–Trinajstić information content (AvgIpc) is 3.34. The van der Waals surface area contributed by atoms with Crippen LogP contribution in [-0.4, -0.2) is 48.4 Å². The van der Waals surface area contributed by atoms with Crippen molar-refractivity contribution in [2.24, 2.45) is 5.92 Å². The van der Waals surface area contributed by atoms with E-state index < -0.39 is 11.6 Å². The predicted molar refractivity (Wildman–Crippen MR) is 108 cm³/mol. The summed E-state index contributed by atoms with van der Waals surface area (Å²) < 4.78 is 27.0. The number of hydrogen-bond acceptors (Lipinski definition) is 3. The highest BCUT2D eigenvalue weighted by Gasteiger charge is 2.40. The van der Waals surface area contributed by atoms with E-state index in [0.29, 0.717) is 18.7 Å². The van der Waals surface area contributed by atoms with E-state index in [4.69, 9.17) is 0 Å². The minimum Gasteiger partial charge on any atom is -0.351 e. The largest absolute Gasteiger partial charge is 0.351 e. The molecule has 160 valence electrons. The van der Waals surface area contributed by atoms with E-state index in [-0.39, 0.29) is 54.6 Å². The number of carbonyl (C=O) groups excluding carboxylic acids is 2. The highest BCUT2D eigenvalue weighted by Crippen LogP contribution is 2.31. The highest BCUT2D eigenvalue weighted by molar-refractivity contribution is 5.89. The third-order valence-corrected chi connectivity index (χ3v) is 6.48. The molecule has 1 saturated carbocycles. The van der Waals surface area contributed by atoms with Crippen LogP contribution < -0.4 is 10.6 Å². The molecule has 1 aromatic rings. The van der Waals surface area contributed by atoms with Gasteiger partial charge in [0.1, 0.15) is 0 Å². The van der Waals surface area contributed by atoms with Gasteiger partial charge < -0.3 is 15.5 Å². The Morgan fingerprint density at radius 1 is 1.14 bits per heavy atom. The lowest BCUT2D eigenvalue weighted by Gasteiger charge is -2.34. The molecule has 2 amide bonds. The highest BCUT2D eigenvalue weighted by atomic mass is 35.5. The Kier molecular flexibility index (Phi) is 7.11. The number of carbonyl (C=O) groups is 2. The molecule has 4 rings (SSSR count). The number of hydrogen-bond donors (Lipinski definition) is 2. The molecule has 3 fully saturated rings. The van der Waals surface area contributed by atoms with Gasteiger partial charge in [0.25, 0.3) is 0 Å². The van der Waals surface area contributed by atoms with Crippen molar-refractivity contribution in [3.63, 3.8) is 0 Å². The van der Waals surface area contributed by atoms with Crippen molar-refractivity contribution in [1.82, 2.24) is 15.5 Å². The first-order valence-electron chi connectivity index (χ1n) is 10.3. The smallest absolute Gasteiger partial charge is 0.225 e. The Balaban J connectivity index is 0.00000240. The molecular formula is C21H28ClF2N3O2. The second-order valence-electron chi connectivity index (χ2n) is 8.27. The van der Waals surface area contributed by atoms with Crippen LogP contribution in [0.1, 0.15) is 50.0 Å². The van der Waals surface area contributed by atoms with Crippen molar-refractivity contribution in [3.05, 3.63) is 35.4 Å². The molecule has 3 unspecified atom stereocenters. The van der Waals surface area contributed by atoms with Crippen LogP contribution in [-0.2, 0) is 9.59 Å². The third-order valence-electron chi connectivity index (χ3n) is 6.48. The first-order chi connectivity index (χ1) is 13.5. The van der Waals surface area contributed by atoms with Crippen LogP contribution in [0.5, 0.6) is 0 Å². The van der Waals surface area contributed by atoms with Crippen molar-refractivity contribution in [2.45, 2.75) is 56.5 Å². The molecule has 2 saturated heterocycles. The number of benzene rings is 1. The van der Waals surface area contributed by atoms with Crippen LogP contribution in [0.4, 0.5) is 8.78 Å². The molecule has 3 atom stereocenters. The van der Waals surface area contributed by atoms with E-state index in [1.54, 1.807) is 6.07 Å². The Morgan fingerprint density at radius 2 is 1.90 bits per heavy atom. The lowest BCUT2D eigenvalue weighted by Crippen LogP contribution is -2.51. The molecule has 29 heavy (non-hydrogen) atoms. The molecule has 2 N–H and O–H groups in total. The number of nitrogens with zero attached hydrogens (tertiary/aromatic N) is 1. The molecule has 0 spiro atoms. The van der Waals surface area contributed by atoms with Crippen LogP contribution in [0.25, 0.3) is 0 Å². The van der Waals surface area contributed by atoms with Gasteiger partial charge >= 0.3 is 0 Å². The van der Waals surface area contributed by atoms with Gasteiger partial charge in [-0.15, -0.1) is 12.4 Å². The zero-order valence-corrected chi connectivity index (χ0v) is 17.1. The van der Waals surface area contributed by atoms with E-state index in [9.17, 15) is 18.4 Å². The second kappa shape index (κ2) is 9.39. The summed E-state index contributed by atoms with van der Waals surface area (Å²) in [6.07, 6.45) is 5.35. The maximum absolute atomic E-state index is 13.7. The monoisotopic (exact) mass is 427 g/mol. The van der Waals surface area contributed by atoms with Gasteiger partial charge in [-0.1, -0.05) is 18.9 Å². The van der Waals surface area contributed by atoms with E-state index in [2.05, 4.69) is 10.6 Å². The quantitative estimate of drug-likeness (QED) is 0.776. The van der Waals surface area contributed by atoms with Crippen LogP contribution >= 0.6 is 12.4 Å². The summed E-state index contributed by atoms with van der Waals surface area (Å²) in [5.74, 6) is -2.19. The van der Waals surface area contributed by atoms with E-state index in [0.717, 1.165) is 44.7 Å². The Bertz CT molecular complexity index is 757. The number of halogens is 3. The van der Waals surface area contributed by atoms with E-state index in [1.807, 2.05) is 4.90 Å². The van der Waals surface area contributed by atoms with Gasteiger partial charge in [-0.25, -0.2) is 8.78 Å². The first-order valence-corrected chi connectivity index (χ1v) is 10.3. The standard InChI is InChI=1S/C21H27F2N3O2.ClH/c22-17-6-5-13(9-18(17)23)16-7-8-24-11-19(16)25-21(28)14-10-20(27)26(12-14)15-3-1-2-4-15;/h5-6,9,14-16,19,24H,1-4,7-8,10-12H2,(H,25,28);1H. The summed E-state index contributed by atoms with van der Waals surface area (Å²) in [6, 6.07) is 4.04. The average molecular weight is 428 g/mol. The van der Waals surface area contributed by atoms with Gasteiger partial charge in [0.2, 0.25) is 11.8 Å². The molecule has 2 heterocycles. The molecule has 1 aromatic carbocycles. The summed E-state index contributed by atoms with van der Waals surface area (Å²) in [7, 11) is 0. The number of piperidine rings is 1. The molecule has 2 aliphatic heterocycles. The lowest BCUT2D eigenvalue weighted by molar-refractivity contribution is -0.130. The number of rotatable bonds is 4. The maximum atomic E-state index is 13.7. The minimum absolute atomic E-state index is 0.